The maximum absolute atomic E-state index is 12.8. The molecule has 1 aliphatic carbocycles. The number of halogens is 1. The van der Waals surface area contributed by atoms with Gasteiger partial charge in [-0.3, -0.25) is 4.79 Å². The van der Waals surface area contributed by atoms with Gasteiger partial charge in [-0.15, -0.1) is 0 Å². The molecule has 1 saturated carbocycles. The number of hydrogen-bond acceptors (Lipinski definition) is 3. The van der Waals surface area contributed by atoms with Crippen molar-refractivity contribution in [3.8, 4) is 5.75 Å². The highest BCUT2D eigenvalue weighted by Crippen LogP contribution is 2.25. The molecule has 0 aromatic heterocycles. The van der Waals surface area contributed by atoms with Crippen LogP contribution in [0.15, 0.2) is 48.5 Å². The van der Waals surface area contributed by atoms with Crippen LogP contribution in [0.25, 0.3) is 0 Å². The van der Waals surface area contributed by atoms with Crippen LogP contribution in [0.1, 0.15) is 41.6 Å². The van der Waals surface area contributed by atoms with E-state index >= 15 is 0 Å². The van der Waals surface area contributed by atoms with E-state index in [1.54, 1.807) is 30.1 Å². The molecule has 4 nitrogen and oxygen atoms in total. The van der Waals surface area contributed by atoms with Crippen molar-refractivity contribution in [3.63, 3.8) is 0 Å². The summed E-state index contributed by atoms with van der Waals surface area (Å²) in [6.45, 7) is 0.342. The Kier molecular flexibility index (Phi) is 6.17. The highest BCUT2D eigenvalue weighted by molar-refractivity contribution is 6.31. The van der Waals surface area contributed by atoms with Crippen molar-refractivity contribution in [1.29, 1.82) is 0 Å². The number of likely N-dealkylation sites (N-methyl/N-ethyl adjacent to an activating group) is 1. The monoisotopic (exact) mass is 373 g/mol. The minimum absolute atomic E-state index is 0.0980. The van der Waals surface area contributed by atoms with Gasteiger partial charge >= 0.3 is 0 Å². The van der Waals surface area contributed by atoms with E-state index in [1.165, 1.54) is 0 Å². The van der Waals surface area contributed by atoms with Gasteiger partial charge in [0.25, 0.3) is 5.91 Å². The van der Waals surface area contributed by atoms with Gasteiger partial charge in [-0.25, -0.2) is 0 Å². The van der Waals surface area contributed by atoms with E-state index in [1.807, 2.05) is 30.3 Å². The van der Waals surface area contributed by atoms with Crippen LogP contribution in [0.5, 0.6) is 5.75 Å². The van der Waals surface area contributed by atoms with Crippen LogP contribution in [0.4, 0.5) is 0 Å². The summed E-state index contributed by atoms with van der Waals surface area (Å²) in [6.07, 6.45) is 3.21. The van der Waals surface area contributed by atoms with Crippen molar-refractivity contribution in [2.24, 2.45) is 0 Å². The summed E-state index contributed by atoms with van der Waals surface area (Å²) in [4.78, 5) is 14.5. The Bertz CT molecular complexity index is 764. The number of rotatable bonds is 5. The van der Waals surface area contributed by atoms with E-state index in [-0.39, 0.29) is 11.9 Å². The molecule has 2 aromatic carbocycles. The van der Waals surface area contributed by atoms with Crippen LogP contribution >= 0.6 is 11.6 Å². The zero-order chi connectivity index (χ0) is 18.5. The second-order valence-corrected chi connectivity index (χ2v) is 7.15. The van der Waals surface area contributed by atoms with Gasteiger partial charge in [0.2, 0.25) is 0 Å². The van der Waals surface area contributed by atoms with Gasteiger partial charge in [-0.2, -0.15) is 0 Å². The molecule has 1 amide bonds. The van der Waals surface area contributed by atoms with Crippen LogP contribution in [0, 0.1) is 0 Å². The number of carbonyl (C=O) groups is 1. The molecule has 2 atom stereocenters. The largest absolute Gasteiger partial charge is 0.489 e. The van der Waals surface area contributed by atoms with E-state index in [9.17, 15) is 9.90 Å². The van der Waals surface area contributed by atoms with Crippen molar-refractivity contribution >= 4 is 17.5 Å². The molecule has 0 bridgehead atoms. The number of carbonyl (C=O) groups excluding carboxylic acids is 1. The summed E-state index contributed by atoms with van der Waals surface area (Å²) in [5.41, 5.74) is 1.45. The SMILES string of the molecule is CN(C(=O)c1cccc(OCc2ccccc2Cl)c1)[C@@H]1CCCC[C@H]1O. The average Bonchev–Trinajstić information content (AvgIpc) is 2.67. The fourth-order valence-corrected chi connectivity index (χ4v) is 3.58. The van der Waals surface area contributed by atoms with Gasteiger partial charge < -0.3 is 14.7 Å². The smallest absolute Gasteiger partial charge is 0.254 e. The number of amides is 1. The predicted molar refractivity (Wildman–Crippen MR) is 103 cm³/mol. The molecule has 0 radical (unpaired) electrons. The zero-order valence-corrected chi connectivity index (χ0v) is 15.7. The lowest BCUT2D eigenvalue weighted by molar-refractivity contribution is 0.0268. The number of hydrogen-bond donors (Lipinski definition) is 1. The molecule has 2 aromatic rings. The first-order valence-electron chi connectivity index (χ1n) is 8.98. The minimum Gasteiger partial charge on any atom is -0.489 e. The van der Waals surface area contributed by atoms with Crippen LogP contribution in [0.2, 0.25) is 5.02 Å². The van der Waals surface area contributed by atoms with Crippen LogP contribution < -0.4 is 4.74 Å². The minimum atomic E-state index is -0.447. The summed E-state index contributed by atoms with van der Waals surface area (Å²) in [5.74, 6) is 0.521. The topological polar surface area (TPSA) is 49.8 Å². The first-order valence-corrected chi connectivity index (χ1v) is 9.35. The van der Waals surface area contributed by atoms with Crippen molar-refractivity contribution in [2.45, 2.75) is 44.4 Å². The summed E-state index contributed by atoms with van der Waals surface area (Å²) in [6, 6.07) is 14.5. The Labute approximate surface area is 159 Å². The second kappa shape index (κ2) is 8.56. The Morgan fingerprint density at radius 1 is 1.19 bits per heavy atom. The highest BCUT2D eigenvalue weighted by atomic mass is 35.5. The molecule has 0 spiro atoms. The number of aliphatic hydroxyl groups is 1. The molecule has 0 heterocycles. The van der Waals surface area contributed by atoms with Gasteiger partial charge in [-0.1, -0.05) is 48.7 Å². The van der Waals surface area contributed by atoms with E-state index in [0.717, 1.165) is 31.2 Å². The summed E-state index contributed by atoms with van der Waals surface area (Å²) >= 11 is 6.15. The Morgan fingerprint density at radius 2 is 1.96 bits per heavy atom. The lowest BCUT2D eigenvalue weighted by Crippen LogP contribution is -2.46. The van der Waals surface area contributed by atoms with Crippen LogP contribution in [0.3, 0.4) is 0 Å². The van der Waals surface area contributed by atoms with Gasteiger partial charge in [0.05, 0.1) is 12.1 Å². The maximum Gasteiger partial charge on any atom is 0.254 e. The highest BCUT2D eigenvalue weighted by Gasteiger charge is 2.29. The second-order valence-electron chi connectivity index (χ2n) is 6.74. The molecule has 138 valence electrons. The molecule has 1 N–H and O–H groups in total. The predicted octanol–water partition coefficient (Wildman–Crippen LogP) is 4.29. The third kappa shape index (κ3) is 4.37. The summed E-state index contributed by atoms with van der Waals surface area (Å²) in [5, 5.41) is 10.9. The fourth-order valence-electron chi connectivity index (χ4n) is 3.39. The number of aliphatic hydroxyl groups excluding tert-OH is 1. The summed E-state index contributed by atoms with van der Waals surface area (Å²) in [7, 11) is 1.76. The lowest BCUT2D eigenvalue weighted by Gasteiger charge is -2.35. The molecule has 1 fully saturated rings. The Hall–Kier alpha value is -2.04. The Morgan fingerprint density at radius 3 is 2.73 bits per heavy atom. The molecule has 0 unspecified atom stereocenters. The van der Waals surface area contributed by atoms with Gasteiger partial charge in [0.15, 0.2) is 0 Å². The van der Waals surface area contributed by atoms with Crippen LogP contribution in [-0.4, -0.2) is 35.1 Å². The van der Waals surface area contributed by atoms with Gasteiger partial charge in [0, 0.05) is 23.2 Å². The third-order valence-corrected chi connectivity index (χ3v) is 5.31. The molecular formula is C21H24ClNO3. The molecule has 0 aliphatic heterocycles. The fraction of sp³-hybridized carbons (Fsp3) is 0.381. The van der Waals surface area contributed by atoms with Gasteiger partial charge in [-0.05, 0) is 37.1 Å². The van der Waals surface area contributed by atoms with Crippen molar-refractivity contribution in [3.05, 3.63) is 64.7 Å². The van der Waals surface area contributed by atoms with Crippen molar-refractivity contribution in [2.75, 3.05) is 7.05 Å². The lowest BCUT2D eigenvalue weighted by atomic mass is 9.91. The molecule has 3 rings (SSSR count). The maximum atomic E-state index is 12.8. The standard InChI is InChI=1S/C21H24ClNO3/c1-23(19-11-4-5-12-20(19)24)21(25)15-8-6-9-17(13-15)26-14-16-7-2-3-10-18(16)22/h2-3,6-10,13,19-20,24H,4-5,11-12,14H2,1H3/t19-,20-/m1/s1. The molecule has 5 heteroatoms. The summed E-state index contributed by atoms with van der Waals surface area (Å²) < 4.78 is 5.81. The van der Waals surface area contributed by atoms with Gasteiger partial charge in [0.1, 0.15) is 12.4 Å². The average molecular weight is 374 g/mol. The first-order chi connectivity index (χ1) is 12.6. The molecule has 0 saturated heterocycles. The molecular weight excluding hydrogens is 350 g/mol. The van der Waals surface area contributed by atoms with E-state index in [2.05, 4.69) is 0 Å². The normalized spacial score (nSPS) is 19.8. The van der Waals surface area contributed by atoms with Crippen LogP contribution in [-0.2, 0) is 6.61 Å². The number of nitrogens with zero attached hydrogens (tertiary/aromatic N) is 1. The van der Waals surface area contributed by atoms with E-state index in [4.69, 9.17) is 16.3 Å². The molecule has 1 aliphatic rings. The zero-order valence-electron chi connectivity index (χ0n) is 14.9. The number of benzene rings is 2. The van der Waals surface area contributed by atoms with E-state index in [0.29, 0.717) is 22.9 Å². The Balaban J connectivity index is 1.68. The van der Waals surface area contributed by atoms with Crippen molar-refractivity contribution in [1.82, 2.24) is 4.90 Å². The quantitative estimate of drug-likeness (QED) is 0.850. The van der Waals surface area contributed by atoms with E-state index < -0.39 is 6.10 Å². The number of ether oxygens (including phenoxy) is 1. The van der Waals surface area contributed by atoms with Crippen molar-refractivity contribution < 1.29 is 14.6 Å². The third-order valence-electron chi connectivity index (χ3n) is 4.94. The molecule has 26 heavy (non-hydrogen) atoms. The first kappa shape index (κ1) is 18.7.